The van der Waals surface area contributed by atoms with Gasteiger partial charge in [0, 0.05) is 38.3 Å². The van der Waals surface area contributed by atoms with Crippen LogP contribution in [0.5, 0.6) is 0 Å². The molecule has 0 radical (unpaired) electrons. The number of aliphatic hydroxyl groups is 1. The van der Waals surface area contributed by atoms with Crippen LogP contribution >= 0.6 is 0 Å². The van der Waals surface area contributed by atoms with Gasteiger partial charge in [0.15, 0.2) is 0 Å². The van der Waals surface area contributed by atoms with Crippen molar-refractivity contribution in [1.29, 1.82) is 0 Å². The van der Waals surface area contributed by atoms with E-state index in [1.54, 1.807) is 17.2 Å². The number of aryl methyl sites for hydroxylation is 1. The third-order valence-electron chi connectivity index (χ3n) is 4.03. The summed E-state index contributed by atoms with van der Waals surface area (Å²) in [5, 5.41) is 13.7. The average molecular weight is 285 g/mol. The second-order valence-corrected chi connectivity index (χ2v) is 5.35. The van der Waals surface area contributed by atoms with Crippen LogP contribution in [0.2, 0.25) is 0 Å². The Morgan fingerprint density at radius 2 is 2.10 bits per heavy atom. The lowest BCUT2D eigenvalue weighted by Gasteiger charge is -2.32. The first-order chi connectivity index (χ1) is 10.1. The Balaban J connectivity index is 1.78. The summed E-state index contributed by atoms with van der Waals surface area (Å²) in [7, 11) is 1.90. The van der Waals surface area contributed by atoms with Gasteiger partial charge in [-0.1, -0.05) is 6.58 Å². The summed E-state index contributed by atoms with van der Waals surface area (Å²) < 4.78 is 1.80. The molecule has 0 saturated carbocycles. The van der Waals surface area contributed by atoms with Gasteiger partial charge in [-0.15, -0.1) is 0 Å². The number of anilines is 1. The summed E-state index contributed by atoms with van der Waals surface area (Å²) in [5.74, 6) is 1.43. The summed E-state index contributed by atoms with van der Waals surface area (Å²) in [5.41, 5.74) is 1.84. The molecule has 1 aliphatic heterocycles. The van der Waals surface area contributed by atoms with Crippen LogP contribution in [0.3, 0.4) is 0 Å². The fourth-order valence-corrected chi connectivity index (χ4v) is 2.73. The summed E-state index contributed by atoms with van der Waals surface area (Å²) in [6.07, 6.45) is 5.16. The molecule has 0 amide bonds. The largest absolute Gasteiger partial charge is 0.513 e. The molecule has 0 unspecified atom stereocenters. The van der Waals surface area contributed by atoms with Gasteiger partial charge in [-0.05, 0) is 18.9 Å². The predicted molar refractivity (Wildman–Crippen MR) is 80.9 cm³/mol. The van der Waals surface area contributed by atoms with E-state index >= 15 is 0 Å². The monoisotopic (exact) mass is 285 g/mol. The van der Waals surface area contributed by atoms with E-state index in [4.69, 9.17) is 0 Å². The molecule has 0 spiro atoms. The fourth-order valence-electron chi connectivity index (χ4n) is 2.73. The van der Waals surface area contributed by atoms with Gasteiger partial charge in [0.1, 0.15) is 12.1 Å². The second-order valence-electron chi connectivity index (χ2n) is 5.35. The maximum absolute atomic E-state index is 9.49. The van der Waals surface area contributed by atoms with E-state index in [0.717, 1.165) is 43.1 Å². The summed E-state index contributed by atoms with van der Waals surface area (Å²) in [4.78, 5) is 10.9. The van der Waals surface area contributed by atoms with Gasteiger partial charge < -0.3 is 10.0 Å². The van der Waals surface area contributed by atoms with Crippen LogP contribution in [0.4, 0.5) is 5.82 Å². The molecule has 1 aliphatic rings. The minimum Gasteiger partial charge on any atom is -0.513 e. The molecule has 3 heterocycles. The molecule has 2 aromatic heterocycles. The van der Waals surface area contributed by atoms with Crippen LogP contribution in [0.1, 0.15) is 12.8 Å². The van der Waals surface area contributed by atoms with Gasteiger partial charge in [-0.25, -0.2) is 9.97 Å². The van der Waals surface area contributed by atoms with Crippen molar-refractivity contribution in [3.05, 3.63) is 37.0 Å². The molecule has 1 fully saturated rings. The van der Waals surface area contributed by atoms with E-state index in [1.165, 1.54) is 0 Å². The highest BCUT2D eigenvalue weighted by Gasteiger charge is 2.22. The highest BCUT2D eigenvalue weighted by Crippen LogP contribution is 2.26. The van der Waals surface area contributed by atoms with Crippen molar-refractivity contribution in [2.75, 3.05) is 18.0 Å². The first-order valence-corrected chi connectivity index (χ1v) is 7.08. The highest BCUT2D eigenvalue weighted by atomic mass is 16.3. The maximum Gasteiger partial charge on any atom is 0.132 e. The number of hydrogen-bond acceptors (Lipinski definition) is 5. The SMILES string of the molecule is C=C(O)C1CCN(c2cc(-c3ccnn3C)ncn2)CC1. The Labute approximate surface area is 123 Å². The van der Waals surface area contributed by atoms with Crippen LogP contribution in [0, 0.1) is 5.92 Å². The molecule has 21 heavy (non-hydrogen) atoms. The van der Waals surface area contributed by atoms with Crippen LogP contribution in [0.25, 0.3) is 11.4 Å². The van der Waals surface area contributed by atoms with Crippen molar-refractivity contribution in [2.24, 2.45) is 13.0 Å². The van der Waals surface area contributed by atoms with Gasteiger partial charge in [0.05, 0.1) is 17.1 Å². The smallest absolute Gasteiger partial charge is 0.132 e. The van der Waals surface area contributed by atoms with Crippen molar-refractivity contribution < 1.29 is 5.11 Å². The number of allylic oxidation sites excluding steroid dienone is 1. The number of aliphatic hydroxyl groups excluding tert-OH is 1. The standard InChI is InChI=1S/C15H19N5O/c1-11(21)12-4-7-20(8-5-12)15-9-13(16-10-17-15)14-3-6-18-19(14)2/h3,6,9-10,12,21H,1,4-5,7-8H2,2H3. The number of piperidine rings is 1. The second kappa shape index (κ2) is 5.55. The molecule has 0 aromatic carbocycles. The Kier molecular flexibility index (Phi) is 3.60. The maximum atomic E-state index is 9.49. The van der Waals surface area contributed by atoms with Crippen molar-refractivity contribution in [3.63, 3.8) is 0 Å². The summed E-state index contributed by atoms with van der Waals surface area (Å²) >= 11 is 0. The molecule has 6 nitrogen and oxygen atoms in total. The summed E-state index contributed by atoms with van der Waals surface area (Å²) in [6.45, 7) is 5.37. The molecule has 110 valence electrons. The predicted octanol–water partition coefficient (Wildman–Crippen LogP) is 2.17. The van der Waals surface area contributed by atoms with Gasteiger partial charge in [-0.2, -0.15) is 5.10 Å². The number of nitrogens with zero attached hydrogens (tertiary/aromatic N) is 5. The molecular weight excluding hydrogens is 266 g/mol. The van der Waals surface area contributed by atoms with Crippen molar-refractivity contribution in [1.82, 2.24) is 19.7 Å². The first kappa shape index (κ1) is 13.6. The van der Waals surface area contributed by atoms with Crippen molar-refractivity contribution in [2.45, 2.75) is 12.8 Å². The zero-order valence-electron chi connectivity index (χ0n) is 12.1. The molecule has 0 atom stereocenters. The molecule has 0 bridgehead atoms. The van der Waals surface area contributed by atoms with Crippen LogP contribution < -0.4 is 4.90 Å². The lowest BCUT2D eigenvalue weighted by atomic mass is 9.95. The molecule has 0 aliphatic carbocycles. The average Bonchev–Trinajstić information content (AvgIpc) is 2.94. The minimum atomic E-state index is 0.208. The Hall–Kier alpha value is -2.37. The van der Waals surface area contributed by atoms with Gasteiger partial charge in [0.2, 0.25) is 0 Å². The topological polar surface area (TPSA) is 67.1 Å². The lowest BCUT2D eigenvalue weighted by Crippen LogP contribution is -2.34. The summed E-state index contributed by atoms with van der Waals surface area (Å²) in [6, 6.07) is 3.93. The third kappa shape index (κ3) is 2.74. The van der Waals surface area contributed by atoms with E-state index in [2.05, 4.69) is 26.5 Å². The van der Waals surface area contributed by atoms with Crippen LogP contribution in [-0.4, -0.2) is 37.9 Å². The Bertz CT molecular complexity index is 643. The van der Waals surface area contributed by atoms with Gasteiger partial charge in [0.25, 0.3) is 0 Å². The fraction of sp³-hybridized carbons (Fsp3) is 0.400. The first-order valence-electron chi connectivity index (χ1n) is 7.08. The Morgan fingerprint density at radius 3 is 2.71 bits per heavy atom. The molecule has 3 rings (SSSR count). The number of rotatable bonds is 3. The Morgan fingerprint density at radius 1 is 1.33 bits per heavy atom. The molecule has 1 N–H and O–H groups in total. The van der Waals surface area contributed by atoms with E-state index in [9.17, 15) is 5.11 Å². The number of hydrogen-bond donors (Lipinski definition) is 1. The normalized spacial score (nSPS) is 16.1. The highest BCUT2D eigenvalue weighted by molar-refractivity contribution is 5.58. The van der Waals surface area contributed by atoms with Crippen molar-refractivity contribution in [3.8, 4) is 11.4 Å². The van der Waals surface area contributed by atoms with E-state index in [0.29, 0.717) is 5.76 Å². The molecule has 1 saturated heterocycles. The third-order valence-corrected chi connectivity index (χ3v) is 4.03. The minimum absolute atomic E-state index is 0.208. The zero-order valence-corrected chi connectivity index (χ0v) is 12.1. The van der Waals surface area contributed by atoms with Crippen LogP contribution in [0.15, 0.2) is 37.0 Å². The lowest BCUT2D eigenvalue weighted by molar-refractivity contribution is 0.297. The number of aromatic nitrogens is 4. The zero-order chi connectivity index (χ0) is 14.8. The van der Waals surface area contributed by atoms with E-state index in [-0.39, 0.29) is 5.92 Å². The van der Waals surface area contributed by atoms with Crippen LogP contribution in [-0.2, 0) is 7.05 Å². The molecular formula is C15H19N5O. The van der Waals surface area contributed by atoms with Gasteiger partial charge >= 0.3 is 0 Å². The quantitative estimate of drug-likeness (QED) is 0.875. The molecule has 2 aromatic rings. The van der Waals surface area contributed by atoms with Crippen molar-refractivity contribution >= 4 is 5.82 Å². The molecule has 6 heteroatoms. The van der Waals surface area contributed by atoms with E-state index < -0.39 is 0 Å². The van der Waals surface area contributed by atoms with E-state index in [1.807, 2.05) is 19.2 Å². The van der Waals surface area contributed by atoms with Gasteiger partial charge in [-0.3, -0.25) is 4.68 Å².